The average molecular weight is 1340 g/mol. The Kier molecular flexibility index (Phi) is 30.8. The van der Waals surface area contributed by atoms with E-state index in [2.05, 4.69) is 57.2 Å². The van der Waals surface area contributed by atoms with Crippen LogP contribution in [-0.4, -0.2) is 162 Å². The van der Waals surface area contributed by atoms with Crippen LogP contribution in [0.15, 0.2) is 118 Å². The summed E-state index contributed by atoms with van der Waals surface area (Å²) in [5, 5.41) is 31.7. The van der Waals surface area contributed by atoms with Crippen molar-refractivity contribution in [3.05, 3.63) is 136 Å². The summed E-state index contributed by atoms with van der Waals surface area (Å²) in [6.07, 6.45) is -1.06. The molecule has 4 aromatic carbocycles. The lowest BCUT2D eigenvalue weighted by atomic mass is 10.0. The molecule has 8 atom stereocenters. The minimum Gasteiger partial charge on any atom is -0.508 e. The molecule has 0 aromatic heterocycles. The number of carbonyl (C=O) groups is 11. The van der Waals surface area contributed by atoms with Crippen molar-refractivity contribution >= 4 is 82.6 Å². The van der Waals surface area contributed by atoms with E-state index in [1.165, 1.54) is 36.3 Å². The fourth-order valence-electron chi connectivity index (χ4n) is 10.5. The van der Waals surface area contributed by atoms with Gasteiger partial charge in [-0.1, -0.05) is 84.0 Å². The quantitative estimate of drug-likeness (QED) is 0.00603. The largest absolute Gasteiger partial charge is 0.508 e. The first-order chi connectivity index (χ1) is 46.3. The van der Waals surface area contributed by atoms with Crippen LogP contribution in [0.25, 0.3) is 10.4 Å². The zero-order valence-electron chi connectivity index (χ0n) is 53.7. The van der Waals surface area contributed by atoms with Gasteiger partial charge in [-0.05, 0) is 110 Å². The van der Waals surface area contributed by atoms with Crippen LogP contribution in [0.2, 0.25) is 0 Å². The third kappa shape index (κ3) is 26.8. The number of phenolic OH excluding ortho intramolecular Hbond substituents is 1. The van der Waals surface area contributed by atoms with E-state index in [1.807, 2.05) is 0 Å². The molecule has 520 valence electrons. The Bertz CT molecular complexity index is 3470. The number of guanidine groups is 2. The second-order valence-corrected chi connectivity index (χ2v) is 23.0. The molecule has 11 amide bonds. The number of amides is 11. The normalized spacial score (nSPS) is 14.5. The first-order valence-electron chi connectivity index (χ1n) is 31.3. The predicted octanol–water partition coefficient (Wildman–Crippen LogP) is -1.49. The number of nitrogens with one attached hydrogen (secondary N) is 7. The summed E-state index contributed by atoms with van der Waals surface area (Å²) in [5.41, 5.74) is 50.8. The number of hydrogen-bond acceptors (Lipinski definition) is 16. The Hall–Kier alpha value is -11.5. The van der Waals surface area contributed by atoms with Gasteiger partial charge in [0.2, 0.25) is 65.0 Å². The second kappa shape index (κ2) is 39.3. The number of phenols is 1. The molecule has 0 unspecified atom stereocenters. The SMILES string of the molecule is COc1ccc(C[C@@H](NC(=O)CCCc2ccc(N=[N+]=[N-])cc2)C(=O)N[C@@H](Cc2ccccc2)C(=O)N[C@@H](CCC(N)=O)C(=O)N[C@@H](CC(N)=O)C(=O)N[C@@H](CCCN=C(N)N)C(=O)N2CCC[C@H]2C(=O)N[C@@H](CCCN=C(N)N)C(=O)N[C@@H](Cc2ccc(O)cc2)C(N)=O)cc1. The fourth-order valence-corrected chi connectivity index (χ4v) is 10.5. The molecule has 22 N–H and O–H groups in total. The monoisotopic (exact) mass is 1340 g/mol. The van der Waals surface area contributed by atoms with Crippen molar-refractivity contribution in [2.75, 3.05) is 26.7 Å². The van der Waals surface area contributed by atoms with Crippen LogP contribution in [0.4, 0.5) is 5.69 Å². The molecule has 5 rings (SSSR count). The third-order valence-electron chi connectivity index (χ3n) is 15.5. The fraction of sp³-hybridized carbons (Fsp3) is 0.422. The van der Waals surface area contributed by atoms with Crippen molar-refractivity contribution < 1.29 is 62.6 Å². The molecule has 1 fully saturated rings. The highest BCUT2D eigenvalue weighted by molar-refractivity contribution is 5.99. The summed E-state index contributed by atoms with van der Waals surface area (Å²) in [7, 11) is 1.48. The van der Waals surface area contributed by atoms with Gasteiger partial charge in [0.1, 0.15) is 59.8 Å². The number of likely N-dealkylation sites (tertiary alicyclic amines) is 1. The summed E-state index contributed by atoms with van der Waals surface area (Å²) in [6.45, 7) is -0.0335. The maximum absolute atomic E-state index is 14.8. The van der Waals surface area contributed by atoms with E-state index in [9.17, 15) is 57.8 Å². The maximum Gasteiger partial charge on any atom is 0.245 e. The van der Waals surface area contributed by atoms with E-state index in [4.69, 9.17) is 50.4 Å². The van der Waals surface area contributed by atoms with Gasteiger partial charge < -0.3 is 92.1 Å². The molecular weight excluding hydrogens is 1260 g/mol. The van der Waals surface area contributed by atoms with Crippen LogP contribution in [-0.2, 0) is 78.4 Å². The average Bonchev–Trinajstić information content (AvgIpc) is 1.73. The van der Waals surface area contributed by atoms with Crippen LogP contribution in [0.3, 0.4) is 0 Å². The molecule has 0 spiro atoms. The highest BCUT2D eigenvalue weighted by Crippen LogP contribution is 2.22. The van der Waals surface area contributed by atoms with E-state index in [0.29, 0.717) is 41.0 Å². The molecule has 1 aliphatic rings. The van der Waals surface area contributed by atoms with Crippen LogP contribution >= 0.6 is 0 Å². The van der Waals surface area contributed by atoms with Gasteiger partial charge in [0.15, 0.2) is 11.9 Å². The van der Waals surface area contributed by atoms with Gasteiger partial charge in [-0.3, -0.25) is 62.7 Å². The minimum atomic E-state index is -1.87. The Balaban J connectivity index is 1.38. The number of aliphatic imine (C=N–C) groups is 2. The van der Waals surface area contributed by atoms with Gasteiger partial charge in [-0.2, -0.15) is 0 Å². The highest BCUT2D eigenvalue weighted by atomic mass is 16.5. The van der Waals surface area contributed by atoms with Gasteiger partial charge in [0.25, 0.3) is 0 Å². The molecule has 1 heterocycles. The summed E-state index contributed by atoms with van der Waals surface area (Å²) in [5.74, 6) is -9.88. The highest BCUT2D eigenvalue weighted by Gasteiger charge is 2.41. The Morgan fingerprint density at radius 1 is 0.546 bits per heavy atom. The van der Waals surface area contributed by atoms with Gasteiger partial charge in [-0.15, -0.1) is 0 Å². The first kappa shape index (κ1) is 76.2. The zero-order valence-corrected chi connectivity index (χ0v) is 53.7. The molecule has 97 heavy (non-hydrogen) atoms. The zero-order chi connectivity index (χ0) is 71.0. The third-order valence-corrected chi connectivity index (χ3v) is 15.5. The molecule has 0 aliphatic carbocycles. The number of aryl methyl sites for hydroxylation is 1. The number of azide groups is 1. The van der Waals surface area contributed by atoms with Gasteiger partial charge in [0, 0.05) is 62.3 Å². The number of aromatic hydroxyl groups is 1. The lowest BCUT2D eigenvalue weighted by Crippen LogP contribution is -2.60. The van der Waals surface area contributed by atoms with Crippen LogP contribution in [0, 0.1) is 0 Å². The molecule has 0 saturated carbocycles. The van der Waals surface area contributed by atoms with Crippen LogP contribution < -0.4 is 82.1 Å². The second-order valence-electron chi connectivity index (χ2n) is 23.0. The van der Waals surface area contributed by atoms with Crippen molar-refractivity contribution in [2.45, 2.75) is 145 Å². The lowest BCUT2D eigenvalue weighted by molar-refractivity contribution is -0.143. The van der Waals surface area contributed by atoms with Crippen molar-refractivity contribution in [1.82, 2.24) is 42.1 Å². The summed E-state index contributed by atoms with van der Waals surface area (Å²) >= 11 is 0. The predicted molar refractivity (Wildman–Crippen MR) is 356 cm³/mol. The molecule has 1 saturated heterocycles. The van der Waals surface area contributed by atoms with E-state index in [-0.39, 0.29) is 102 Å². The van der Waals surface area contributed by atoms with Crippen LogP contribution in [0.1, 0.15) is 92.9 Å². The summed E-state index contributed by atoms with van der Waals surface area (Å²) in [6, 6.07) is 16.1. The van der Waals surface area contributed by atoms with E-state index < -0.39 is 133 Å². The van der Waals surface area contributed by atoms with Gasteiger partial charge in [0.05, 0.1) is 13.5 Å². The standard InChI is InChI=1S/C64H86N20O13/c1-97-43-26-20-40(21-27-43)35-48(75-54(88)15-5-11-37-16-22-41(23-17-37)82-83-72)58(92)80-49(34-38-9-3-2-4-10-38)59(93)76-45(28-29-52(65)86)57(91)81-50(36-53(66)87)60(94)78-46(13-7-31-74-64(70)71)62(96)84-32-8-14-51(84)61(95)77-44(12-6-30-73-63(68)69)56(90)79-47(55(67)89)33-39-18-24-42(85)25-19-39/h2-4,9-10,16-27,44-51,85H,5-8,11-15,28-36H2,1H3,(H2,65,86)(H2,66,87)(H2,67,89)(H,75,88)(H,76,93)(H,77,95)(H,78,94)(H,79,90)(H,80,92)(H,81,91)(H4,68,69,73)(H4,70,71,74)/t44-,45-,46-,47-,48+,49-,50-,51-/m0/s1. The van der Waals surface area contributed by atoms with Crippen LogP contribution in [0.5, 0.6) is 11.5 Å². The number of benzene rings is 4. The van der Waals surface area contributed by atoms with Crippen molar-refractivity contribution in [3.63, 3.8) is 0 Å². The number of rotatable bonds is 40. The molecular formula is C64H86N20O13. The number of nitrogens with two attached hydrogens (primary N) is 7. The molecule has 0 bridgehead atoms. The number of hydrogen-bond donors (Lipinski definition) is 15. The number of carbonyl (C=O) groups excluding carboxylic acids is 11. The van der Waals surface area contributed by atoms with Crippen molar-refractivity contribution in [2.24, 2.45) is 55.2 Å². The van der Waals surface area contributed by atoms with E-state index in [1.54, 1.807) is 78.9 Å². The molecule has 4 aromatic rings. The molecule has 0 radical (unpaired) electrons. The number of nitrogens with zero attached hydrogens (tertiary/aromatic N) is 6. The van der Waals surface area contributed by atoms with Gasteiger partial charge >= 0.3 is 0 Å². The van der Waals surface area contributed by atoms with Crippen molar-refractivity contribution in [3.8, 4) is 11.5 Å². The van der Waals surface area contributed by atoms with E-state index >= 15 is 0 Å². The minimum absolute atomic E-state index is 0.0129. The Morgan fingerprint density at radius 2 is 1.03 bits per heavy atom. The summed E-state index contributed by atoms with van der Waals surface area (Å²) < 4.78 is 5.30. The number of ether oxygens (including phenoxy) is 1. The maximum atomic E-state index is 14.8. The first-order valence-corrected chi connectivity index (χ1v) is 31.3. The summed E-state index contributed by atoms with van der Waals surface area (Å²) in [4.78, 5) is 165. The Labute approximate surface area is 559 Å². The smallest absolute Gasteiger partial charge is 0.245 e. The Morgan fingerprint density at radius 3 is 1.59 bits per heavy atom. The molecule has 1 aliphatic heterocycles. The van der Waals surface area contributed by atoms with Gasteiger partial charge in [-0.25, -0.2) is 0 Å². The van der Waals surface area contributed by atoms with E-state index in [0.717, 1.165) is 5.56 Å². The lowest BCUT2D eigenvalue weighted by Gasteiger charge is -2.31. The topological polar surface area (TPSA) is 560 Å². The molecule has 33 heteroatoms. The number of methoxy groups -OCH3 is 1. The van der Waals surface area contributed by atoms with Crippen molar-refractivity contribution in [1.29, 1.82) is 0 Å². The number of primary amides is 3. The molecule has 33 nitrogen and oxygen atoms in total.